The summed E-state index contributed by atoms with van der Waals surface area (Å²) in [6.45, 7) is 2.40. The number of aryl methyl sites for hydroxylation is 1. The molecule has 1 fully saturated rings. The van der Waals surface area contributed by atoms with Crippen molar-refractivity contribution in [2.24, 2.45) is 11.7 Å². The molecule has 0 radical (unpaired) electrons. The molecule has 0 amide bonds. The fourth-order valence-corrected chi connectivity index (χ4v) is 4.80. The monoisotopic (exact) mass is 329 g/mol. The zero-order valence-electron chi connectivity index (χ0n) is 15.4. The minimum Gasteiger partial charge on any atom is -0.394 e. The van der Waals surface area contributed by atoms with E-state index in [1.54, 1.807) is 11.1 Å². The molecule has 3 rings (SSSR count). The van der Waals surface area contributed by atoms with Gasteiger partial charge in [0.15, 0.2) is 0 Å². The van der Waals surface area contributed by atoms with Gasteiger partial charge in [-0.25, -0.2) is 0 Å². The minimum absolute atomic E-state index is 0.119. The SMILES string of the molecule is CCCCCCC1CCc2cc([C@H]3CC[C@](N)(CO)C3)ccc2C1. The molecule has 24 heavy (non-hydrogen) atoms. The molecule has 3 N–H and O–H groups in total. The summed E-state index contributed by atoms with van der Waals surface area (Å²) in [4.78, 5) is 0. The second-order valence-corrected chi connectivity index (χ2v) is 8.45. The van der Waals surface area contributed by atoms with Crippen molar-refractivity contribution in [3.8, 4) is 0 Å². The van der Waals surface area contributed by atoms with E-state index >= 15 is 0 Å². The van der Waals surface area contributed by atoms with Crippen LogP contribution in [0.25, 0.3) is 0 Å². The van der Waals surface area contributed by atoms with E-state index in [0.717, 1.165) is 25.2 Å². The highest BCUT2D eigenvalue weighted by atomic mass is 16.3. The zero-order valence-corrected chi connectivity index (χ0v) is 15.4. The normalized spacial score (nSPS) is 29.6. The maximum absolute atomic E-state index is 9.49. The molecule has 0 aliphatic heterocycles. The van der Waals surface area contributed by atoms with Crippen LogP contribution in [0.1, 0.15) is 87.3 Å². The highest BCUT2D eigenvalue weighted by molar-refractivity contribution is 5.36. The first-order valence-corrected chi connectivity index (χ1v) is 10.1. The van der Waals surface area contributed by atoms with Crippen molar-refractivity contribution in [3.05, 3.63) is 34.9 Å². The van der Waals surface area contributed by atoms with Crippen LogP contribution in [0.3, 0.4) is 0 Å². The van der Waals surface area contributed by atoms with E-state index in [1.807, 2.05) is 0 Å². The third kappa shape index (κ3) is 4.21. The van der Waals surface area contributed by atoms with E-state index < -0.39 is 0 Å². The number of rotatable bonds is 7. The molecule has 0 spiro atoms. The molecule has 1 aromatic carbocycles. The average Bonchev–Trinajstić information content (AvgIpc) is 3.01. The van der Waals surface area contributed by atoms with E-state index in [1.165, 1.54) is 56.9 Å². The van der Waals surface area contributed by atoms with E-state index in [4.69, 9.17) is 5.73 Å². The Kier molecular flexibility index (Phi) is 5.99. The van der Waals surface area contributed by atoms with Crippen LogP contribution in [0.4, 0.5) is 0 Å². The summed E-state index contributed by atoms with van der Waals surface area (Å²) in [6.07, 6.45) is 13.9. The largest absolute Gasteiger partial charge is 0.394 e. The maximum atomic E-state index is 9.49. The average molecular weight is 330 g/mol. The minimum atomic E-state index is -0.343. The molecule has 2 aliphatic carbocycles. The molecule has 1 aromatic rings. The highest BCUT2D eigenvalue weighted by Gasteiger charge is 2.36. The molecule has 1 saturated carbocycles. The van der Waals surface area contributed by atoms with Crippen molar-refractivity contribution in [2.45, 2.75) is 89.0 Å². The van der Waals surface area contributed by atoms with Crippen molar-refractivity contribution in [2.75, 3.05) is 6.61 Å². The molecule has 2 nitrogen and oxygen atoms in total. The first kappa shape index (κ1) is 17.9. The number of hydrogen-bond donors (Lipinski definition) is 2. The number of aliphatic hydroxyl groups is 1. The molecule has 0 heterocycles. The van der Waals surface area contributed by atoms with Crippen molar-refractivity contribution >= 4 is 0 Å². The number of hydrogen-bond acceptors (Lipinski definition) is 2. The van der Waals surface area contributed by atoms with E-state index in [2.05, 4.69) is 25.1 Å². The fourth-order valence-electron chi connectivity index (χ4n) is 4.80. The van der Waals surface area contributed by atoms with Crippen LogP contribution < -0.4 is 5.73 Å². The van der Waals surface area contributed by atoms with Gasteiger partial charge >= 0.3 is 0 Å². The second kappa shape index (κ2) is 8.01. The molecule has 2 aliphatic rings. The quantitative estimate of drug-likeness (QED) is 0.711. The van der Waals surface area contributed by atoms with Crippen molar-refractivity contribution < 1.29 is 5.11 Å². The summed E-state index contributed by atoms with van der Waals surface area (Å²) >= 11 is 0. The van der Waals surface area contributed by atoms with Crippen LogP contribution in [0.2, 0.25) is 0 Å². The molecule has 2 heteroatoms. The van der Waals surface area contributed by atoms with Gasteiger partial charge in [-0.05, 0) is 67.1 Å². The van der Waals surface area contributed by atoms with Gasteiger partial charge in [0.25, 0.3) is 0 Å². The third-order valence-corrected chi connectivity index (χ3v) is 6.46. The summed E-state index contributed by atoms with van der Waals surface area (Å²) in [6, 6.07) is 7.18. The maximum Gasteiger partial charge on any atom is 0.0611 e. The molecular formula is C22H35NO. The predicted molar refractivity (Wildman–Crippen MR) is 101 cm³/mol. The van der Waals surface area contributed by atoms with Gasteiger partial charge in [0.2, 0.25) is 0 Å². The van der Waals surface area contributed by atoms with Crippen LogP contribution in [0, 0.1) is 5.92 Å². The van der Waals surface area contributed by atoms with E-state index in [-0.39, 0.29) is 12.1 Å². The second-order valence-electron chi connectivity index (χ2n) is 8.45. The van der Waals surface area contributed by atoms with Crippen molar-refractivity contribution in [1.82, 2.24) is 0 Å². The molecule has 1 unspecified atom stereocenters. The van der Waals surface area contributed by atoms with Gasteiger partial charge in [0.1, 0.15) is 0 Å². The Balaban J connectivity index is 1.58. The number of nitrogens with two attached hydrogens (primary N) is 1. The topological polar surface area (TPSA) is 46.2 Å². The molecular weight excluding hydrogens is 294 g/mol. The Morgan fingerprint density at radius 3 is 2.79 bits per heavy atom. The standard InChI is InChI=1S/C22H35NO/c1-2-3-4-5-6-17-7-8-19-14-20(10-9-18(19)13-17)21-11-12-22(23,15-21)16-24/h9-10,14,17,21,24H,2-8,11-13,15-16,23H2,1H3/t17?,21-,22+/m0/s1. The highest BCUT2D eigenvalue weighted by Crippen LogP contribution is 2.40. The lowest BCUT2D eigenvalue weighted by Gasteiger charge is -2.26. The van der Waals surface area contributed by atoms with Crippen LogP contribution in [0.5, 0.6) is 0 Å². The Labute approximate surface area is 147 Å². The van der Waals surface area contributed by atoms with Crippen LogP contribution in [-0.4, -0.2) is 17.3 Å². The first-order chi connectivity index (χ1) is 11.6. The van der Waals surface area contributed by atoms with Gasteiger partial charge in [-0.1, -0.05) is 57.2 Å². The van der Waals surface area contributed by atoms with Gasteiger partial charge in [0, 0.05) is 5.54 Å². The third-order valence-electron chi connectivity index (χ3n) is 6.46. The number of benzene rings is 1. The number of fused-ring (bicyclic) bond motifs is 1. The lowest BCUT2D eigenvalue weighted by atomic mass is 9.79. The zero-order chi connectivity index (χ0) is 17.0. The molecule has 3 atom stereocenters. The Morgan fingerprint density at radius 1 is 1.17 bits per heavy atom. The van der Waals surface area contributed by atoms with E-state index in [0.29, 0.717) is 5.92 Å². The van der Waals surface area contributed by atoms with Gasteiger partial charge < -0.3 is 10.8 Å². The number of unbranched alkanes of at least 4 members (excludes halogenated alkanes) is 3. The lowest BCUT2D eigenvalue weighted by molar-refractivity contribution is 0.198. The van der Waals surface area contributed by atoms with Crippen LogP contribution >= 0.6 is 0 Å². The van der Waals surface area contributed by atoms with Crippen LogP contribution in [-0.2, 0) is 12.8 Å². The smallest absolute Gasteiger partial charge is 0.0611 e. The van der Waals surface area contributed by atoms with Crippen LogP contribution in [0.15, 0.2) is 18.2 Å². The van der Waals surface area contributed by atoms with Crippen molar-refractivity contribution in [1.29, 1.82) is 0 Å². The van der Waals surface area contributed by atoms with Crippen molar-refractivity contribution in [3.63, 3.8) is 0 Å². The molecule has 0 saturated heterocycles. The Bertz CT molecular complexity index is 541. The summed E-state index contributed by atoms with van der Waals surface area (Å²) in [5.41, 5.74) is 10.5. The molecule has 134 valence electrons. The molecule has 0 bridgehead atoms. The lowest BCUT2D eigenvalue weighted by Crippen LogP contribution is -2.40. The Morgan fingerprint density at radius 2 is 2.04 bits per heavy atom. The summed E-state index contributed by atoms with van der Waals surface area (Å²) in [5, 5.41) is 9.49. The number of aliphatic hydroxyl groups excluding tert-OH is 1. The summed E-state index contributed by atoms with van der Waals surface area (Å²) in [7, 11) is 0. The predicted octanol–water partition coefficient (Wildman–Crippen LogP) is 4.72. The van der Waals surface area contributed by atoms with E-state index in [9.17, 15) is 5.11 Å². The fraction of sp³-hybridized carbons (Fsp3) is 0.727. The summed E-state index contributed by atoms with van der Waals surface area (Å²) in [5.74, 6) is 1.44. The van der Waals surface area contributed by atoms with Gasteiger partial charge in [-0.2, -0.15) is 0 Å². The first-order valence-electron chi connectivity index (χ1n) is 10.1. The van der Waals surface area contributed by atoms with Gasteiger partial charge in [-0.3, -0.25) is 0 Å². The summed E-state index contributed by atoms with van der Waals surface area (Å²) < 4.78 is 0. The molecule has 0 aromatic heterocycles. The van der Waals surface area contributed by atoms with Gasteiger partial charge in [0.05, 0.1) is 6.61 Å². The Hall–Kier alpha value is -0.860. The van der Waals surface area contributed by atoms with Gasteiger partial charge in [-0.15, -0.1) is 0 Å².